The highest BCUT2D eigenvalue weighted by atomic mass is 32.1. The highest BCUT2D eigenvalue weighted by Gasteiger charge is 2.05. The maximum atomic E-state index is 10.3. The Morgan fingerprint density at radius 1 is 1.38 bits per heavy atom. The summed E-state index contributed by atoms with van der Waals surface area (Å²) in [5, 5.41) is 8.48. The summed E-state index contributed by atoms with van der Waals surface area (Å²) in [4.78, 5) is 12.4. The van der Waals surface area contributed by atoms with E-state index in [0.717, 1.165) is 25.3 Å². The number of thiol groups is 1. The molecular weight excluding hydrogens is 188 g/mol. The first-order valence-corrected chi connectivity index (χ1v) is 5.09. The molecule has 0 aliphatic heterocycles. The molecule has 0 saturated heterocycles. The van der Waals surface area contributed by atoms with E-state index in [1.807, 2.05) is 0 Å². The largest absolute Gasteiger partial charge is 0.481 e. The van der Waals surface area contributed by atoms with Gasteiger partial charge < -0.3 is 15.7 Å². The molecular formula is C8H18N2O2S. The topological polar surface area (TPSA) is 66.6 Å². The van der Waals surface area contributed by atoms with E-state index in [-0.39, 0.29) is 6.42 Å². The Morgan fingerprint density at radius 2 is 2.08 bits per heavy atom. The molecule has 0 aromatic carbocycles. The summed E-state index contributed by atoms with van der Waals surface area (Å²) in [5.74, 6) is 0.0709. The lowest BCUT2D eigenvalue weighted by Gasteiger charge is -2.19. The first kappa shape index (κ1) is 12.7. The number of nitrogens with zero attached hydrogens (tertiary/aromatic N) is 1. The van der Waals surface area contributed by atoms with Gasteiger partial charge in [-0.1, -0.05) is 0 Å². The van der Waals surface area contributed by atoms with Gasteiger partial charge in [0.15, 0.2) is 0 Å². The molecule has 0 atom stereocenters. The number of carboxylic acid groups (broad SMARTS) is 1. The van der Waals surface area contributed by atoms with Gasteiger partial charge in [0.1, 0.15) is 0 Å². The predicted octanol–water partition coefficient (Wildman–Crippen LogP) is 0.0417. The van der Waals surface area contributed by atoms with Gasteiger partial charge in [0, 0.05) is 19.6 Å². The Morgan fingerprint density at radius 3 is 2.54 bits per heavy atom. The molecule has 0 spiro atoms. The molecule has 0 bridgehead atoms. The second-order valence-corrected chi connectivity index (χ2v) is 3.30. The van der Waals surface area contributed by atoms with Crippen LogP contribution in [0.1, 0.15) is 12.8 Å². The van der Waals surface area contributed by atoms with Crippen molar-refractivity contribution in [2.75, 3.05) is 31.9 Å². The lowest BCUT2D eigenvalue weighted by Crippen LogP contribution is -2.32. The summed E-state index contributed by atoms with van der Waals surface area (Å²) in [7, 11) is 0. The van der Waals surface area contributed by atoms with Crippen molar-refractivity contribution >= 4 is 18.6 Å². The average Bonchev–Trinajstić information content (AvgIpc) is 2.09. The van der Waals surface area contributed by atoms with Crippen molar-refractivity contribution in [2.45, 2.75) is 12.8 Å². The molecule has 0 unspecified atom stereocenters. The quantitative estimate of drug-likeness (QED) is 0.491. The highest BCUT2D eigenvalue weighted by molar-refractivity contribution is 7.80. The number of hydrogen-bond donors (Lipinski definition) is 3. The molecule has 0 heterocycles. The Hall–Kier alpha value is -0.260. The summed E-state index contributed by atoms with van der Waals surface area (Å²) in [6.07, 6.45) is 1.16. The monoisotopic (exact) mass is 206 g/mol. The molecule has 0 saturated carbocycles. The van der Waals surface area contributed by atoms with E-state index in [2.05, 4.69) is 17.5 Å². The molecule has 78 valence electrons. The number of carboxylic acids is 1. The standard InChI is InChI=1S/C8H18N2O2S/c9-3-6-10(4-1-7-13)5-2-8(11)12/h13H,1-7,9H2,(H,11,12). The first-order chi connectivity index (χ1) is 6.20. The molecule has 0 amide bonds. The fourth-order valence-electron chi connectivity index (χ4n) is 1.07. The number of hydrogen-bond acceptors (Lipinski definition) is 4. The maximum Gasteiger partial charge on any atom is 0.304 e. The third-order valence-electron chi connectivity index (χ3n) is 1.72. The highest BCUT2D eigenvalue weighted by Crippen LogP contribution is 1.94. The van der Waals surface area contributed by atoms with Gasteiger partial charge in [-0.25, -0.2) is 0 Å². The van der Waals surface area contributed by atoms with Crippen molar-refractivity contribution in [3.63, 3.8) is 0 Å². The second kappa shape index (κ2) is 8.34. The first-order valence-electron chi connectivity index (χ1n) is 4.45. The zero-order valence-electron chi connectivity index (χ0n) is 7.78. The minimum Gasteiger partial charge on any atom is -0.481 e. The van der Waals surface area contributed by atoms with Crippen LogP contribution in [-0.2, 0) is 4.79 Å². The van der Waals surface area contributed by atoms with Crippen molar-refractivity contribution in [1.29, 1.82) is 0 Å². The summed E-state index contributed by atoms with van der Waals surface area (Å²) in [6, 6.07) is 0. The van der Waals surface area contributed by atoms with Gasteiger partial charge in [-0.05, 0) is 18.7 Å². The molecule has 4 nitrogen and oxygen atoms in total. The third-order valence-corrected chi connectivity index (χ3v) is 2.04. The van der Waals surface area contributed by atoms with Crippen LogP contribution in [0.3, 0.4) is 0 Å². The minimum atomic E-state index is -0.757. The van der Waals surface area contributed by atoms with Crippen LogP contribution < -0.4 is 5.73 Å². The molecule has 13 heavy (non-hydrogen) atoms. The van der Waals surface area contributed by atoms with E-state index in [9.17, 15) is 4.79 Å². The molecule has 0 radical (unpaired) electrons. The number of carbonyl (C=O) groups is 1. The second-order valence-electron chi connectivity index (χ2n) is 2.85. The summed E-state index contributed by atoms with van der Waals surface area (Å²) < 4.78 is 0. The summed E-state index contributed by atoms with van der Waals surface area (Å²) in [5.41, 5.74) is 5.40. The molecule has 0 aliphatic carbocycles. The van der Waals surface area contributed by atoms with Gasteiger partial charge >= 0.3 is 5.97 Å². The zero-order valence-corrected chi connectivity index (χ0v) is 8.67. The fourth-order valence-corrected chi connectivity index (χ4v) is 1.21. The lowest BCUT2D eigenvalue weighted by atomic mass is 10.3. The molecule has 0 fully saturated rings. The van der Waals surface area contributed by atoms with E-state index in [1.54, 1.807) is 0 Å². The van der Waals surface area contributed by atoms with Gasteiger partial charge in [-0.3, -0.25) is 4.79 Å². The predicted molar refractivity (Wildman–Crippen MR) is 56.2 cm³/mol. The fraction of sp³-hybridized carbons (Fsp3) is 0.875. The molecule has 0 aromatic heterocycles. The van der Waals surface area contributed by atoms with Crippen LogP contribution in [0.2, 0.25) is 0 Å². The van der Waals surface area contributed by atoms with Crippen LogP contribution in [0.25, 0.3) is 0 Å². The van der Waals surface area contributed by atoms with Gasteiger partial charge in [0.05, 0.1) is 6.42 Å². The van der Waals surface area contributed by atoms with E-state index in [1.165, 1.54) is 0 Å². The van der Waals surface area contributed by atoms with Crippen molar-refractivity contribution in [3.8, 4) is 0 Å². The van der Waals surface area contributed by atoms with Crippen molar-refractivity contribution in [3.05, 3.63) is 0 Å². The van der Waals surface area contributed by atoms with Crippen molar-refractivity contribution in [2.24, 2.45) is 5.73 Å². The lowest BCUT2D eigenvalue weighted by molar-refractivity contribution is -0.137. The Labute approximate surface area is 84.5 Å². The van der Waals surface area contributed by atoms with Crippen LogP contribution in [0, 0.1) is 0 Å². The number of aliphatic carboxylic acids is 1. The van der Waals surface area contributed by atoms with Crippen LogP contribution in [0.5, 0.6) is 0 Å². The molecule has 5 heteroatoms. The Bertz CT molecular complexity index is 144. The minimum absolute atomic E-state index is 0.187. The van der Waals surface area contributed by atoms with Crippen LogP contribution in [0.4, 0.5) is 0 Å². The van der Waals surface area contributed by atoms with Crippen LogP contribution in [0.15, 0.2) is 0 Å². The average molecular weight is 206 g/mol. The third kappa shape index (κ3) is 8.08. The summed E-state index contributed by atoms with van der Waals surface area (Å²) >= 11 is 4.10. The zero-order chi connectivity index (χ0) is 10.1. The van der Waals surface area contributed by atoms with E-state index >= 15 is 0 Å². The van der Waals surface area contributed by atoms with Gasteiger partial charge in [-0.15, -0.1) is 0 Å². The molecule has 0 aromatic rings. The van der Waals surface area contributed by atoms with Crippen molar-refractivity contribution < 1.29 is 9.90 Å². The Balaban J connectivity index is 3.59. The van der Waals surface area contributed by atoms with E-state index < -0.39 is 5.97 Å². The van der Waals surface area contributed by atoms with Crippen LogP contribution >= 0.6 is 12.6 Å². The Kier molecular flexibility index (Phi) is 8.18. The van der Waals surface area contributed by atoms with E-state index in [0.29, 0.717) is 13.1 Å². The maximum absolute atomic E-state index is 10.3. The smallest absolute Gasteiger partial charge is 0.304 e. The van der Waals surface area contributed by atoms with Gasteiger partial charge in [-0.2, -0.15) is 12.6 Å². The van der Waals surface area contributed by atoms with Crippen LogP contribution in [-0.4, -0.2) is 47.9 Å². The van der Waals surface area contributed by atoms with E-state index in [4.69, 9.17) is 10.8 Å². The van der Waals surface area contributed by atoms with Gasteiger partial charge in [0.25, 0.3) is 0 Å². The normalized spacial score (nSPS) is 10.7. The molecule has 0 rings (SSSR count). The molecule has 3 N–H and O–H groups in total. The number of nitrogens with two attached hydrogens (primary N) is 1. The van der Waals surface area contributed by atoms with Crippen molar-refractivity contribution in [1.82, 2.24) is 4.90 Å². The summed E-state index contributed by atoms with van der Waals surface area (Å²) in [6.45, 7) is 2.81. The SMILES string of the molecule is NCCN(CCCS)CCC(=O)O. The van der Waals surface area contributed by atoms with Gasteiger partial charge in [0.2, 0.25) is 0 Å². The number of rotatable bonds is 8. The molecule has 0 aliphatic rings.